The van der Waals surface area contributed by atoms with Crippen LogP contribution in [0.3, 0.4) is 0 Å². The number of allylic oxidation sites excluding steroid dienone is 12. The van der Waals surface area contributed by atoms with Gasteiger partial charge in [0.15, 0.2) is 0 Å². The summed E-state index contributed by atoms with van der Waals surface area (Å²) in [7, 11) is 0. The lowest BCUT2D eigenvalue weighted by molar-refractivity contribution is 0.767. The smallest absolute Gasteiger partial charge is 0.140 e. The number of imidazole rings is 1. The Balaban J connectivity index is 0.994. The predicted octanol–water partition coefficient (Wildman–Crippen LogP) is 11.8. The number of rotatable bonds is 6. The number of nitrogens with zero attached hydrogens (tertiary/aromatic N) is 4. The molecule has 0 fully saturated rings. The van der Waals surface area contributed by atoms with Gasteiger partial charge in [0.2, 0.25) is 0 Å². The molecule has 0 N–H and O–H groups in total. The SMILES string of the molecule is C1=CC=CC(n2c(C3C=CC(c4cccc5cccc(-c6ccc(C7=NC8C=CC=CC(=C8)N7c7ccccc7)cc6)c45)=CC3)nc3ccccc32)=CC=1. The molecule has 0 saturated carbocycles. The van der Waals surface area contributed by atoms with Crippen LogP contribution in [0.5, 0.6) is 0 Å². The zero-order valence-electron chi connectivity index (χ0n) is 29.6. The monoisotopic (exact) mass is 692 g/mol. The Bertz CT molecular complexity index is 2770. The van der Waals surface area contributed by atoms with Crippen LogP contribution in [0.2, 0.25) is 0 Å². The fraction of sp³-hybridized carbons (Fsp3) is 0.0600. The summed E-state index contributed by atoms with van der Waals surface area (Å²) in [6.45, 7) is 0. The molecule has 0 saturated heterocycles. The van der Waals surface area contributed by atoms with Gasteiger partial charge in [-0.25, -0.2) is 4.98 Å². The molecule has 4 aliphatic rings. The van der Waals surface area contributed by atoms with Gasteiger partial charge in [0.25, 0.3) is 0 Å². The van der Waals surface area contributed by atoms with Gasteiger partial charge in [0.05, 0.1) is 17.1 Å². The van der Waals surface area contributed by atoms with E-state index in [4.69, 9.17) is 9.98 Å². The highest BCUT2D eigenvalue weighted by Gasteiger charge is 2.26. The standard InChI is InChI=1S/C50H36N4/c1-2-5-20-42(19-4-1)54-47-25-11-10-24-46(47)52-50(54)39-32-28-36(29-33-39)45-23-13-15-37-14-12-22-44(48(37)45)35-26-30-38(31-27-35)49-51-40-16-8-9-21-43(34-40)53(49)41-17-6-3-7-18-41/h1,3-32,34,39-40H,33H2. The van der Waals surface area contributed by atoms with Crippen molar-refractivity contribution < 1.29 is 0 Å². The van der Waals surface area contributed by atoms with E-state index in [1.807, 2.05) is 18.2 Å². The van der Waals surface area contributed by atoms with Crippen LogP contribution in [-0.4, -0.2) is 21.4 Å². The first-order chi connectivity index (χ1) is 26.8. The summed E-state index contributed by atoms with van der Waals surface area (Å²) in [5.74, 6) is 2.13. The van der Waals surface area contributed by atoms with Gasteiger partial charge >= 0.3 is 0 Å². The van der Waals surface area contributed by atoms with Crippen LogP contribution in [0, 0.1) is 0 Å². The van der Waals surface area contributed by atoms with Crippen LogP contribution in [-0.2, 0) is 0 Å². The lowest BCUT2D eigenvalue weighted by atomic mass is 9.87. The van der Waals surface area contributed by atoms with Crippen molar-refractivity contribution >= 4 is 44.6 Å². The number of hydrogen-bond acceptors (Lipinski definition) is 3. The Morgan fingerprint density at radius 2 is 1.44 bits per heavy atom. The summed E-state index contributed by atoms with van der Waals surface area (Å²) < 4.78 is 2.30. The maximum atomic E-state index is 5.20. The number of hydrogen-bond donors (Lipinski definition) is 0. The summed E-state index contributed by atoms with van der Waals surface area (Å²) in [6, 6.07) is 41.1. The van der Waals surface area contributed by atoms with E-state index >= 15 is 0 Å². The second-order valence-corrected chi connectivity index (χ2v) is 13.8. The van der Waals surface area contributed by atoms with Crippen LogP contribution in [0.25, 0.3) is 44.2 Å². The molecule has 0 amide bonds. The van der Waals surface area contributed by atoms with E-state index < -0.39 is 0 Å². The molecule has 54 heavy (non-hydrogen) atoms. The second kappa shape index (κ2) is 13.5. The normalized spacial score (nSPS) is 18.7. The predicted molar refractivity (Wildman–Crippen MR) is 225 cm³/mol. The number of para-hydroxylation sites is 3. The van der Waals surface area contributed by atoms with E-state index in [0.717, 1.165) is 51.8 Å². The van der Waals surface area contributed by atoms with Gasteiger partial charge < -0.3 is 0 Å². The number of fused-ring (bicyclic) bond motifs is 3. The lowest BCUT2D eigenvalue weighted by Crippen LogP contribution is -2.34. The molecule has 2 bridgehead atoms. The van der Waals surface area contributed by atoms with Crippen LogP contribution in [0.1, 0.15) is 29.3 Å². The first-order valence-corrected chi connectivity index (χ1v) is 18.6. The summed E-state index contributed by atoms with van der Waals surface area (Å²) >= 11 is 0. The molecule has 1 aromatic heterocycles. The van der Waals surface area contributed by atoms with E-state index in [1.54, 1.807) is 0 Å². The lowest BCUT2D eigenvalue weighted by Gasteiger charge is -2.31. The minimum absolute atomic E-state index is 0.000933. The van der Waals surface area contributed by atoms with Crippen molar-refractivity contribution in [1.29, 1.82) is 0 Å². The molecule has 5 aromatic carbocycles. The average Bonchev–Trinajstić information content (AvgIpc) is 3.33. The van der Waals surface area contributed by atoms with Crippen LogP contribution in [0.4, 0.5) is 5.69 Å². The fourth-order valence-corrected chi connectivity index (χ4v) is 8.01. The molecule has 0 radical (unpaired) electrons. The molecule has 2 unspecified atom stereocenters. The van der Waals surface area contributed by atoms with Gasteiger partial charge in [-0.05, 0) is 100 Å². The van der Waals surface area contributed by atoms with Crippen molar-refractivity contribution in [2.24, 2.45) is 4.99 Å². The maximum absolute atomic E-state index is 5.20. The molecule has 10 rings (SSSR count). The highest BCUT2D eigenvalue weighted by molar-refractivity contribution is 6.13. The minimum Gasteiger partial charge on any atom is -0.296 e. The Kier molecular flexibility index (Phi) is 7.94. The van der Waals surface area contributed by atoms with Crippen molar-refractivity contribution in [3.8, 4) is 11.1 Å². The Morgan fingerprint density at radius 3 is 2.30 bits per heavy atom. The second-order valence-electron chi connectivity index (χ2n) is 13.8. The van der Waals surface area contributed by atoms with Crippen molar-refractivity contribution in [3.63, 3.8) is 0 Å². The van der Waals surface area contributed by atoms with Gasteiger partial charge in [-0.3, -0.25) is 14.5 Å². The molecular formula is C50H36N4. The quantitative estimate of drug-likeness (QED) is 0.163. The Hall–Kier alpha value is -7.00. The van der Waals surface area contributed by atoms with E-state index in [1.165, 1.54) is 33.0 Å². The topological polar surface area (TPSA) is 33.4 Å². The third-order valence-electron chi connectivity index (χ3n) is 10.5. The molecule has 2 atom stereocenters. The number of aromatic nitrogens is 2. The molecule has 2 heterocycles. The third-order valence-corrected chi connectivity index (χ3v) is 10.5. The number of anilines is 1. The molecule has 256 valence electrons. The largest absolute Gasteiger partial charge is 0.296 e. The Morgan fingerprint density at radius 1 is 0.648 bits per heavy atom. The van der Waals surface area contributed by atoms with Crippen LogP contribution >= 0.6 is 0 Å². The Labute approximate surface area is 315 Å². The van der Waals surface area contributed by atoms with Crippen LogP contribution in [0.15, 0.2) is 211 Å². The number of amidine groups is 1. The van der Waals surface area contributed by atoms with Gasteiger partial charge in [0, 0.05) is 28.6 Å². The van der Waals surface area contributed by atoms with E-state index in [2.05, 4.69) is 191 Å². The van der Waals surface area contributed by atoms with E-state index in [0.29, 0.717) is 0 Å². The summed E-state index contributed by atoms with van der Waals surface area (Å²) in [6.07, 6.45) is 28.8. The molecule has 4 nitrogen and oxygen atoms in total. The van der Waals surface area contributed by atoms with Crippen molar-refractivity contribution in [2.75, 3.05) is 4.90 Å². The van der Waals surface area contributed by atoms with Crippen molar-refractivity contribution in [1.82, 2.24) is 9.55 Å². The molecule has 0 spiro atoms. The van der Waals surface area contributed by atoms with Crippen molar-refractivity contribution in [3.05, 3.63) is 223 Å². The van der Waals surface area contributed by atoms with Gasteiger partial charge in [-0.1, -0.05) is 134 Å². The highest BCUT2D eigenvalue weighted by atomic mass is 15.2. The molecular weight excluding hydrogens is 657 g/mol. The van der Waals surface area contributed by atoms with Gasteiger partial charge in [-0.15, -0.1) is 5.73 Å². The number of benzene rings is 5. The first kappa shape index (κ1) is 31.7. The molecule has 3 aliphatic carbocycles. The summed E-state index contributed by atoms with van der Waals surface area (Å²) in [5.41, 5.74) is 14.6. The summed E-state index contributed by atoms with van der Waals surface area (Å²) in [5, 5.41) is 2.48. The summed E-state index contributed by atoms with van der Waals surface area (Å²) in [4.78, 5) is 12.6. The first-order valence-electron chi connectivity index (χ1n) is 18.6. The molecule has 1 aliphatic heterocycles. The van der Waals surface area contributed by atoms with Gasteiger partial charge in [0.1, 0.15) is 11.7 Å². The molecule has 6 aromatic rings. The third kappa shape index (κ3) is 5.67. The maximum Gasteiger partial charge on any atom is 0.140 e. The number of aliphatic imine (C=N–C) groups is 1. The highest BCUT2D eigenvalue weighted by Crippen LogP contribution is 2.39. The zero-order valence-corrected chi connectivity index (χ0v) is 29.6. The van der Waals surface area contributed by atoms with Gasteiger partial charge in [-0.2, -0.15) is 0 Å². The average molecular weight is 693 g/mol. The zero-order chi connectivity index (χ0) is 35.8. The van der Waals surface area contributed by atoms with E-state index in [-0.39, 0.29) is 12.0 Å². The van der Waals surface area contributed by atoms with Crippen molar-refractivity contribution in [2.45, 2.75) is 18.4 Å². The van der Waals surface area contributed by atoms with Crippen LogP contribution < -0.4 is 4.90 Å². The van der Waals surface area contributed by atoms with E-state index in [9.17, 15) is 0 Å². The fourth-order valence-electron chi connectivity index (χ4n) is 8.01. The minimum atomic E-state index is 0.000933. The molecule has 4 heteroatoms.